The van der Waals surface area contributed by atoms with Crippen molar-refractivity contribution in [3.8, 4) is 22.9 Å². The average Bonchev–Trinajstić information content (AvgIpc) is 3.24. The third kappa shape index (κ3) is 9.12. The molecule has 0 saturated carbocycles. The monoisotopic (exact) mass is 664 g/mol. The normalized spacial score (nSPS) is 14.6. The van der Waals surface area contributed by atoms with Crippen LogP contribution < -0.4 is 14.9 Å². The predicted molar refractivity (Wildman–Crippen MR) is 178 cm³/mol. The Kier molecular flexibility index (Phi) is 12.5. The van der Waals surface area contributed by atoms with Gasteiger partial charge in [-0.1, -0.05) is 51.8 Å². The summed E-state index contributed by atoms with van der Waals surface area (Å²) in [5, 5.41) is 18.4. The van der Waals surface area contributed by atoms with E-state index in [1.54, 1.807) is 32.7 Å². The zero-order chi connectivity index (χ0) is 32.5. The minimum Gasteiger partial charge on any atom is -0.481 e. The van der Waals surface area contributed by atoms with Gasteiger partial charge >= 0.3 is 7.12 Å². The second-order valence-electron chi connectivity index (χ2n) is 11.3. The van der Waals surface area contributed by atoms with Crippen molar-refractivity contribution in [3.05, 3.63) is 99.8 Å². The van der Waals surface area contributed by atoms with E-state index in [9.17, 15) is 5.11 Å². The topological polar surface area (TPSA) is 103 Å². The third-order valence-electron chi connectivity index (χ3n) is 7.68. The van der Waals surface area contributed by atoms with Gasteiger partial charge in [0.25, 0.3) is 0 Å². The van der Waals surface area contributed by atoms with Crippen molar-refractivity contribution in [1.29, 1.82) is 0 Å². The molecule has 1 saturated heterocycles. The van der Waals surface area contributed by atoms with Crippen LogP contribution in [0, 0.1) is 13.8 Å². The minimum atomic E-state index is -0.360. The number of aryl methyl sites for hydroxylation is 2. The average molecular weight is 665 g/mol. The van der Waals surface area contributed by atoms with Crippen molar-refractivity contribution >= 4 is 28.5 Å². The molecule has 44 heavy (non-hydrogen) atoms. The second kappa shape index (κ2) is 15.6. The summed E-state index contributed by atoms with van der Waals surface area (Å²) in [6, 6.07) is 19.3. The fourth-order valence-corrected chi connectivity index (χ4v) is 4.59. The van der Waals surface area contributed by atoms with Crippen LogP contribution in [0.15, 0.2) is 77.5 Å². The van der Waals surface area contributed by atoms with Gasteiger partial charge in [-0.15, -0.1) is 0 Å². The van der Waals surface area contributed by atoms with Crippen LogP contribution in [-0.2, 0) is 22.5 Å². The first kappa shape index (κ1) is 35.2. The van der Waals surface area contributed by atoms with E-state index >= 15 is 0 Å². The van der Waals surface area contributed by atoms with Gasteiger partial charge in [0, 0.05) is 29.0 Å². The number of hydrogen-bond acceptors (Lipinski definition) is 8. The molecule has 0 atom stereocenters. The molecule has 0 amide bonds. The minimum absolute atomic E-state index is 0.0345. The standard InChI is InChI=1S/C14H21BO3.C14H15NO2.C6H6BrNO/c1-10-6-7-11(9-16)8-12(10)15-17-13(2,3)14(4,5)18-15;1-10-3-4-11(9-16)7-13(10)12-5-6-15-14(8-12)17-2;1-9-6-4-5(7)2-3-8-6/h6-8,16H,9H2,1-5H3;3-8,16H,9H2,1-2H3;2-4H,1H3. The Morgan fingerprint density at radius 2 is 1.25 bits per heavy atom. The molecule has 2 N–H and O–H groups in total. The molecular formula is C34H42BBrN2O6. The highest BCUT2D eigenvalue weighted by Crippen LogP contribution is 2.36. The number of rotatable bonds is 6. The van der Waals surface area contributed by atoms with E-state index in [4.69, 9.17) is 23.9 Å². The number of aliphatic hydroxyl groups excluding tert-OH is 2. The van der Waals surface area contributed by atoms with Gasteiger partial charge in [-0.3, -0.25) is 0 Å². The largest absolute Gasteiger partial charge is 0.495 e. The zero-order valence-electron chi connectivity index (χ0n) is 26.7. The maximum absolute atomic E-state index is 9.22. The predicted octanol–water partition coefficient (Wildman–Crippen LogP) is 6.20. The van der Waals surface area contributed by atoms with E-state index in [0.717, 1.165) is 43.3 Å². The summed E-state index contributed by atoms with van der Waals surface area (Å²) < 4.78 is 23.0. The van der Waals surface area contributed by atoms with Gasteiger partial charge in [-0.25, -0.2) is 9.97 Å². The summed E-state index contributed by atoms with van der Waals surface area (Å²) in [6.07, 6.45) is 3.40. The Hall–Kier alpha value is -3.28. The maximum Gasteiger partial charge on any atom is 0.495 e. The molecule has 3 heterocycles. The van der Waals surface area contributed by atoms with E-state index in [1.165, 1.54) is 0 Å². The quantitative estimate of drug-likeness (QED) is 0.235. The smallest absolute Gasteiger partial charge is 0.481 e. The molecular weight excluding hydrogens is 623 g/mol. The van der Waals surface area contributed by atoms with Crippen LogP contribution in [-0.4, -0.2) is 52.7 Å². The lowest BCUT2D eigenvalue weighted by molar-refractivity contribution is 0.00578. The van der Waals surface area contributed by atoms with Gasteiger partial charge in [0.15, 0.2) is 0 Å². The lowest BCUT2D eigenvalue weighted by atomic mass is 9.75. The van der Waals surface area contributed by atoms with Crippen LogP contribution in [0.4, 0.5) is 0 Å². The van der Waals surface area contributed by atoms with Crippen molar-refractivity contribution in [2.75, 3.05) is 14.2 Å². The molecule has 1 aliphatic heterocycles. The molecule has 0 aliphatic carbocycles. The van der Waals surface area contributed by atoms with Gasteiger partial charge in [-0.2, -0.15) is 0 Å². The van der Waals surface area contributed by atoms with Crippen LogP contribution >= 0.6 is 15.9 Å². The van der Waals surface area contributed by atoms with E-state index < -0.39 is 0 Å². The number of aliphatic hydroxyl groups is 2. The van der Waals surface area contributed by atoms with E-state index in [2.05, 4.69) is 25.9 Å². The van der Waals surface area contributed by atoms with Gasteiger partial charge in [0.05, 0.1) is 38.6 Å². The number of hydrogen-bond donors (Lipinski definition) is 2. The zero-order valence-corrected chi connectivity index (χ0v) is 28.3. The Labute approximate surface area is 269 Å². The van der Waals surface area contributed by atoms with E-state index in [1.807, 2.05) is 96.1 Å². The van der Waals surface area contributed by atoms with Crippen molar-refractivity contribution in [2.45, 2.75) is 66.0 Å². The molecule has 0 unspecified atom stereocenters. The molecule has 0 bridgehead atoms. The second-order valence-corrected chi connectivity index (χ2v) is 12.3. The van der Waals surface area contributed by atoms with Crippen molar-refractivity contribution in [3.63, 3.8) is 0 Å². The third-order valence-corrected chi connectivity index (χ3v) is 8.17. The lowest BCUT2D eigenvalue weighted by Crippen LogP contribution is -2.41. The Bertz CT molecular complexity index is 1520. The molecule has 234 valence electrons. The first-order valence-corrected chi connectivity index (χ1v) is 15.1. The SMILES string of the molecule is COc1cc(-c2cc(CO)ccc2C)ccn1.COc1cc(Br)ccn1.Cc1ccc(CO)cc1B1OC(C)(C)C(C)(C)O1. The van der Waals surface area contributed by atoms with Crippen LogP contribution in [0.1, 0.15) is 49.9 Å². The van der Waals surface area contributed by atoms with Gasteiger partial charge in [0.1, 0.15) is 0 Å². The molecule has 2 aromatic heterocycles. The number of aromatic nitrogens is 2. The number of ether oxygens (including phenoxy) is 2. The maximum atomic E-state index is 9.22. The Morgan fingerprint density at radius 1 is 0.727 bits per heavy atom. The van der Waals surface area contributed by atoms with Gasteiger partial charge < -0.3 is 29.0 Å². The molecule has 5 rings (SSSR count). The molecule has 10 heteroatoms. The summed E-state index contributed by atoms with van der Waals surface area (Å²) in [5.41, 5.74) is 6.54. The summed E-state index contributed by atoms with van der Waals surface area (Å²) in [7, 11) is 2.83. The molecule has 2 aromatic carbocycles. The Balaban J connectivity index is 0.000000190. The summed E-state index contributed by atoms with van der Waals surface area (Å²) >= 11 is 3.28. The number of halogens is 1. The van der Waals surface area contributed by atoms with E-state index in [-0.39, 0.29) is 31.5 Å². The highest BCUT2D eigenvalue weighted by Gasteiger charge is 2.52. The Morgan fingerprint density at radius 3 is 1.77 bits per heavy atom. The summed E-state index contributed by atoms with van der Waals surface area (Å²) in [4.78, 5) is 7.99. The molecule has 8 nitrogen and oxygen atoms in total. The number of nitrogens with zero attached hydrogens (tertiary/aromatic N) is 2. The van der Waals surface area contributed by atoms with Crippen molar-refractivity contribution < 1.29 is 29.0 Å². The number of benzene rings is 2. The van der Waals surface area contributed by atoms with Crippen LogP contribution in [0.3, 0.4) is 0 Å². The number of methoxy groups -OCH3 is 2. The highest BCUT2D eigenvalue weighted by atomic mass is 79.9. The summed E-state index contributed by atoms with van der Waals surface area (Å²) in [6.45, 7) is 12.3. The molecule has 1 fully saturated rings. The van der Waals surface area contributed by atoms with Gasteiger partial charge in [-0.05, 0) is 93.0 Å². The molecule has 0 radical (unpaired) electrons. The lowest BCUT2D eigenvalue weighted by Gasteiger charge is -2.32. The van der Waals surface area contributed by atoms with E-state index in [0.29, 0.717) is 11.8 Å². The molecule has 0 spiro atoms. The van der Waals surface area contributed by atoms with Crippen LogP contribution in [0.2, 0.25) is 0 Å². The van der Waals surface area contributed by atoms with Crippen molar-refractivity contribution in [2.24, 2.45) is 0 Å². The summed E-state index contributed by atoms with van der Waals surface area (Å²) in [5.74, 6) is 1.22. The first-order chi connectivity index (χ1) is 20.8. The van der Waals surface area contributed by atoms with Gasteiger partial charge in [0.2, 0.25) is 11.8 Å². The first-order valence-electron chi connectivity index (χ1n) is 14.3. The van der Waals surface area contributed by atoms with Crippen LogP contribution in [0.25, 0.3) is 11.1 Å². The highest BCUT2D eigenvalue weighted by molar-refractivity contribution is 9.10. The number of pyridine rings is 2. The molecule has 1 aliphatic rings. The van der Waals surface area contributed by atoms with Crippen LogP contribution in [0.5, 0.6) is 11.8 Å². The fraction of sp³-hybridized carbons (Fsp3) is 0.353. The fourth-order valence-electron chi connectivity index (χ4n) is 4.28. The van der Waals surface area contributed by atoms with Crippen molar-refractivity contribution in [1.82, 2.24) is 9.97 Å². The molecule has 4 aromatic rings.